The van der Waals surface area contributed by atoms with Gasteiger partial charge in [-0.3, -0.25) is 0 Å². The lowest BCUT2D eigenvalue weighted by molar-refractivity contribution is 0.409. The highest BCUT2D eigenvalue weighted by Gasteiger charge is 2.02. The molecule has 0 saturated heterocycles. The number of imidazole rings is 1. The van der Waals surface area contributed by atoms with Crippen LogP contribution >= 0.6 is 0 Å². The second kappa shape index (κ2) is 6.21. The first-order valence-electron chi connectivity index (χ1n) is 6.10. The van der Waals surface area contributed by atoms with Gasteiger partial charge in [-0.1, -0.05) is 18.2 Å². The van der Waals surface area contributed by atoms with Gasteiger partial charge in [0.1, 0.15) is 11.6 Å². The molecule has 18 heavy (non-hydrogen) atoms. The highest BCUT2D eigenvalue weighted by molar-refractivity contribution is 5.33. The SMILES string of the molecule is COc1ccccc1CCNCc1nccn1C. The maximum Gasteiger partial charge on any atom is 0.122 e. The zero-order valence-electron chi connectivity index (χ0n) is 10.9. The van der Waals surface area contributed by atoms with Crippen LogP contribution in [0.15, 0.2) is 36.7 Å². The second-order valence-electron chi connectivity index (χ2n) is 4.19. The molecule has 1 aromatic heterocycles. The van der Waals surface area contributed by atoms with Gasteiger partial charge < -0.3 is 14.6 Å². The number of benzene rings is 1. The van der Waals surface area contributed by atoms with Gasteiger partial charge in [0.05, 0.1) is 13.7 Å². The van der Waals surface area contributed by atoms with Gasteiger partial charge in [0.2, 0.25) is 0 Å². The maximum atomic E-state index is 5.32. The summed E-state index contributed by atoms with van der Waals surface area (Å²) in [5.41, 5.74) is 1.23. The van der Waals surface area contributed by atoms with E-state index in [-0.39, 0.29) is 0 Å². The molecule has 4 nitrogen and oxygen atoms in total. The van der Waals surface area contributed by atoms with Gasteiger partial charge in [0.15, 0.2) is 0 Å². The molecule has 0 atom stereocenters. The number of methoxy groups -OCH3 is 1. The predicted molar refractivity (Wildman–Crippen MR) is 71.6 cm³/mol. The molecule has 0 fully saturated rings. The number of rotatable bonds is 6. The molecule has 0 radical (unpaired) electrons. The lowest BCUT2D eigenvalue weighted by Crippen LogP contribution is -2.19. The highest BCUT2D eigenvalue weighted by Crippen LogP contribution is 2.17. The lowest BCUT2D eigenvalue weighted by atomic mass is 10.1. The average molecular weight is 245 g/mol. The number of hydrogen-bond donors (Lipinski definition) is 1. The summed E-state index contributed by atoms with van der Waals surface area (Å²) in [5.74, 6) is 2.01. The predicted octanol–water partition coefficient (Wildman–Crippen LogP) is 1.76. The van der Waals surface area contributed by atoms with E-state index in [1.807, 2.05) is 42.2 Å². The first-order chi connectivity index (χ1) is 8.81. The van der Waals surface area contributed by atoms with Crippen LogP contribution in [0, 0.1) is 0 Å². The summed E-state index contributed by atoms with van der Waals surface area (Å²) >= 11 is 0. The zero-order valence-corrected chi connectivity index (χ0v) is 10.9. The van der Waals surface area contributed by atoms with Crippen LogP contribution in [0.25, 0.3) is 0 Å². The molecular weight excluding hydrogens is 226 g/mol. The molecule has 0 aliphatic rings. The number of ether oxygens (including phenoxy) is 1. The van der Waals surface area contributed by atoms with Gasteiger partial charge >= 0.3 is 0 Å². The highest BCUT2D eigenvalue weighted by atomic mass is 16.5. The molecule has 2 rings (SSSR count). The van der Waals surface area contributed by atoms with E-state index in [0.29, 0.717) is 0 Å². The standard InChI is InChI=1S/C14H19N3O/c1-17-10-9-16-14(17)11-15-8-7-12-5-3-4-6-13(12)18-2/h3-6,9-10,15H,7-8,11H2,1-2H3. The topological polar surface area (TPSA) is 39.1 Å². The normalized spacial score (nSPS) is 10.6. The fourth-order valence-corrected chi connectivity index (χ4v) is 1.90. The van der Waals surface area contributed by atoms with Crippen LogP contribution in [0.2, 0.25) is 0 Å². The molecule has 2 aromatic rings. The van der Waals surface area contributed by atoms with Crippen molar-refractivity contribution in [1.29, 1.82) is 0 Å². The Labute approximate surface area is 108 Å². The van der Waals surface area contributed by atoms with Crippen LogP contribution in [-0.2, 0) is 20.0 Å². The molecule has 0 spiro atoms. The third kappa shape index (κ3) is 3.11. The molecule has 1 heterocycles. The van der Waals surface area contributed by atoms with Crippen molar-refractivity contribution in [2.24, 2.45) is 7.05 Å². The Kier molecular flexibility index (Phi) is 4.36. The van der Waals surface area contributed by atoms with Crippen LogP contribution in [0.5, 0.6) is 5.75 Å². The van der Waals surface area contributed by atoms with Crippen LogP contribution in [0.4, 0.5) is 0 Å². The van der Waals surface area contributed by atoms with E-state index >= 15 is 0 Å². The Morgan fingerprint density at radius 3 is 2.89 bits per heavy atom. The Hall–Kier alpha value is -1.81. The third-order valence-electron chi connectivity index (χ3n) is 2.97. The van der Waals surface area contributed by atoms with E-state index in [0.717, 1.165) is 31.1 Å². The monoisotopic (exact) mass is 245 g/mol. The Bertz CT molecular complexity index is 493. The number of aryl methyl sites for hydroxylation is 1. The number of para-hydroxylation sites is 1. The molecule has 0 aliphatic heterocycles. The van der Waals surface area contributed by atoms with Crippen molar-refractivity contribution in [3.05, 3.63) is 48.0 Å². The van der Waals surface area contributed by atoms with Gasteiger partial charge in [0.25, 0.3) is 0 Å². The Balaban J connectivity index is 1.80. The summed E-state index contributed by atoms with van der Waals surface area (Å²) in [6, 6.07) is 8.12. The maximum absolute atomic E-state index is 5.32. The minimum absolute atomic E-state index is 0.790. The minimum Gasteiger partial charge on any atom is -0.496 e. The van der Waals surface area contributed by atoms with Crippen LogP contribution in [0.1, 0.15) is 11.4 Å². The first-order valence-corrected chi connectivity index (χ1v) is 6.10. The van der Waals surface area contributed by atoms with E-state index < -0.39 is 0 Å². The van der Waals surface area contributed by atoms with Crippen molar-refractivity contribution in [3.63, 3.8) is 0 Å². The summed E-state index contributed by atoms with van der Waals surface area (Å²) < 4.78 is 7.35. The second-order valence-corrected chi connectivity index (χ2v) is 4.19. The molecule has 0 aliphatic carbocycles. The van der Waals surface area contributed by atoms with Crippen LogP contribution < -0.4 is 10.1 Å². The lowest BCUT2D eigenvalue weighted by Gasteiger charge is -2.09. The van der Waals surface area contributed by atoms with Crippen molar-refractivity contribution in [3.8, 4) is 5.75 Å². The van der Waals surface area contributed by atoms with Gasteiger partial charge in [0, 0.05) is 19.4 Å². The number of nitrogens with one attached hydrogen (secondary N) is 1. The van der Waals surface area contributed by atoms with E-state index in [1.54, 1.807) is 7.11 Å². The summed E-state index contributed by atoms with van der Waals surface area (Å²) in [6.07, 6.45) is 4.73. The van der Waals surface area contributed by atoms with E-state index in [2.05, 4.69) is 16.4 Å². The van der Waals surface area contributed by atoms with Crippen LogP contribution in [-0.4, -0.2) is 23.2 Å². The van der Waals surface area contributed by atoms with E-state index in [9.17, 15) is 0 Å². The van der Waals surface area contributed by atoms with Gasteiger partial charge in [-0.25, -0.2) is 4.98 Å². The molecule has 1 aromatic carbocycles. The summed E-state index contributed by atoms with van der Waals surface area (Å²) in [4.78, 5) is 4.27. The molecule has 1 N–H and O–H groups in total. The van der Waals surface area contributed by atoms with Gasteiger partial charge in [-0.2, -0.15) is 0 Å². The number of hydrogen-bond acceptors (Lipinski definition) is 3. The summed E-state index contributed by atoms with van der Waals surface area (Å²) in [5, 5.41) is 3.39. The fourth-order valence-electron chi connectivity index (χ4n) is 1.90. The van der Waals surface area contributed by atoms with Crippen molar-refractivity contribution >= 4 is 0 Å². The van der Waals surface area contributed by atoms with Crippen molar-refractivity contribution in [2.45, 2.75) is 13.0 Å². The van der Waals surface area contributed by atoms with E-state index in [1.165, 1.54) is 5.56 Å². The minimum atomic E-state index is 0.790. The Morgan fingerprint density at radius 2 is 2.17 bits per heavy atom. The number of aromatic nitrogens is 2. The summed E-state index contributed by atoms with van der Waals surface area (Å²) in [6.45, 7) is 1.70. The van der Waals surface area contributed by atoms with Gasteiger partial charge in [-0.15, -0.1) is 0 Å². The quantitative estimate of drug-likeness (QED) is 0.788. The Morgan fingerprint density at radius 1 is 1.33 bits per heavy atom. The molecule has 4 heteroatoms. The largest absolute Gasteiger partial charge is 0.496 e. The fraction of sp³-hybridized carbons (Fsp3) is 0.357. The molecule has 0 saturated carbocycles. The molecular formula is C14H19N3O. The summed E-state index contributed by atoms with van der Waals surface area (Å²) in [7, 11) is 3.71. The first kappa shape index (κ1) is 12.6. The molecule has 96 valence electrons. The van der Waals surface area contributed by atoms with E-state index in [4.69, 9.17) is 4.74 Å². The van der Waals surface area contributed by atoms with Crippen molar-refractivity contribution in [1.82, 2.24) is 14.9 Å². The smallest absolute Gasteiger partial charge is 0.122 e. The van der Waals surface area contributed by atoms with Gasteiger partial charge in [-0.05, 0) is 24.6 Å². The molecule has 0 bridgehead atoms. The number of nitrogens with zero attached hydrogens (tertiary/aromatic N) is 2. The third-order valence-corrected chi connectivity index (χ3v) is 2.97. The molecule has 0 amide bonds. The van der Waals surface area contributed by atoms with Crippen LogP contribution in [0.3, 0.4) is 0 Å². The molecule has 0 unspecified atom stereocenters. The zero-order chi connectivity index (χ0) is 12.8. The van der Waals surface area contributed by atoms with Crippen molar-refractivity contribution in [2.75, 3.05) is 13.7 Å². The average Bonchev–Trinajstić information content (AvgIpc) is 2.81. The van der Waals surface area contributed by atoms with Crippen molar-refractivity contribution < 1.29 is 4.74 Å².